The van der Waals surface area contributed by atoms with Crippen LogP contribution in [0.3, 0.4) is 0 Å². The number of rotatable bonds is 7. The Labute approximate surface area is 150 Å². The first-order chi connectivity index (χ1) is 12.2. The molecule has 1 atom stereocenters. The summed E-state index contributed by atoms with van der Waals surface area (Å²) in [5, 5.41) is 12.1. The third-order valence-corrected chi connectivity index (χ3v) is 4.59. The molecular weight excluding hydrogens is 338 g/mol. The van der Waals surface area contributed by atoms with E-state index in [-0.39, 0.29) is 12.0 Å². The summed E-state index contributed by atoms with van der Waals surface area (Å²) in [5.41, 5.74) is 0.927. The third kappa shape index (κ3) is 5.11. The molecule has 0 saturated carbocycles. The Morgan fingerprint density at radius 2 is 2.24 bits per heavy atom. The molecule has 1 aromatic heterocycles. The van der Waals surface area contributed by atoms with Gasteiger partial charge in [0.1, 0.15) is 16.9 Å². The van der Waals surface area contributed by atoms with Gasteiger partial charge in [0.2, 0.25) is 11.0 Å². The van der Waals surface area contributed by atoms with Crippen molar-refractivity contribution in [2.24, 2.45) is 0 Å². The van der Waals surface area contributed by atoms with Crippen LogP contribution in [0.25, 0.3) is 6.08 Å². The number of ether oxygens (including phenoxy) is 2. The van der Waals surface area contributed by atoms with Crippen LogP contribution in [0, 0.1) is 0 Å². The topological polar surface area (TPSA) is 73.3 Å². The second-order valence-electron chi connectivity index (χ2n) is 5.69. The standard InChI is InChI=1S/C18H21N3O3S/c1-2-11-23-14-8-5-13(6-9-14)7-10-16(22)19-18-21-20-17(25-18)15-4-3-12-24-15/h5-10,15H,2-4,11-12H2,1H3,(H,19,21,22)/b10-7+. The van der Waals surface area contributed by atoms with Gasteiger partial charge in [-0.05, 0) is 43.0 Å². The molecule has 1 N–H and O–H groups in total. The molecule has 7 heteroatoms. The highest BCUT2D eigenvalue weighted by molar-refractivity contribution is 7.15. The molecule has 25 heavy (non-hydrogen) atoms. The van der Waals surface area contributed by atoms with Crippen molar-refractivity contribution in [1.29, 1.82) is 0 Å². The molecular formula is C18H21N3O3S. The summed E-state index contributed by atoms with van der Waals surface area (Å²) in [6, 6.07) is 7.61. The molecule has 6 nitrogen and oxygen atoms in total. The molecule has 1 unspecified atom stereocenters. The zero-order valence-corrected chi connectivity index (χ0v) is 14.9. The molecule has 3 rings (SSSR count). The van der Waals surface area contributed by atoms with Crippen molar-refractivity contribution < 1.29 is 14.3 Å². The van der Waals surface area contributed by atoms with E-state index in [2.05, 4.69) is 22.4 Å². The molecule has 1 aromatic carbocycles. The van der Waals surface area contributed by atoms with Gasteiger partial charge >= 0.3 is 0 Å². The van der Waals surface area contributed by atoms with Crippen molar-refractivity contribution >= 4 is 28.5 Å². The van der Waals surface area contributed by atoms with E-state index in [1.165, 1.54) is 17.4 Å². The van der Waals surface area contributed by atoms with Crippen molar-refractivity contribution in [3.63, 3.8) is 0 Å². The fourth-order valence-electron chi connectivity index (χ4n) is 2.40. The average Bonchev–Trinajstić information content (AvgIpc) is 3.30. The Hall–Kier alpha value is -2.25. The first kappa shape index (κ1) is 17.6. The summed E-state index contributed by atoms with van der Waals surface area (Å²) >= 11 is 1.36. The number of carbonyl (C=O) groups excluding carboxylic acids is 1. The fourth-order valence-corrected chi connectivity index (χ4v) is 3.23. The molecule has 1 fully saturated rings. The Morgan fingerprint density at radius 1 is 1.40 bits per heavy atom. The maximum absolute atomic E-state index is 12.0. The zero-order valence-electron chi connectivity index (χ0n) is 14.1. The molecule has 1 aliphatic heterocycles. The van der Waals surface area contributed by atoms with Crippen molar-refractivity contribution in [2.75, 3.05) is 18.5 Å². The second kappa shape index (κ2) is 8.73. The molecule has 0 bridgehead atoms. The van der Waals surface area contributed by atoms with Gasteiger partial charge in [0.25, 0.3) is 0 Å². The lowest BCUT2D eigenvalue weighted by Crippen LogP contribution is -2.07. The van der Waals surface area contributed by atoms with E-state index >= 15 is 0 Å². The minimum Gasteiger partial charge on any atom is -0.494 e. The molecule has 1 aliphatic rings. The van der Waals surface area contributed by atoms with E-state index in [0.717, 1.165) is 42.2 Å². The minimum atomic E-state index is -0.235. The summed E-state index contributed by atoms with van der Waals surface area (Å²) < 4.78 is 11.1. The van der Waals surface area contributed by atoms with Gasteiger partial charge in [0.15, 0.2) is 0 Å². The van der Waals surface area contributed by atoms with E-state index in [1.54, 1.807) is 6.08 Å². The van der Waals surface area contributed by atoms with E-state index in [1.807, 2.05) is 24.3 Å². The molecule has 1 amide bonds. The Kier molecular flexibility index (Phi) is 6.14. The fraction of sp³-hybridized carbons (Fsp3) is 0.389. The Balaban J connectivity index is 1.52. The number of hydrogen-bond acceptors (Lipinski definition) is 6. The van der Waals surface area contributed by atoms with Crippen LogP contribution in [0.5, 0.6) is 5.75 Å². The van der Waals surface area contributed by atoms with Crippen LogP contribution >= 0.6 is 11.3 Å². The van der Waals surface area contributed by atoms with Gasteiger partial charge in [-0.2, -0.15) is 0 Å². The van der Waals surface area contributed by atoms with Gasteiger partial charge in [0.05, 0.1) is 6.61 Å². The predicted molar refractivity (Wildman–Crippen MR) is 97.7 cm³/mol. The van der Waals surface area contributed by atoms with E-state index in [4.69, 9.17) is 9.47 Å². The largest absolute Gasteiger partial charge is 0.494 e. The third-order valence-electron chi connectivity index (χ3n) is 3.66. The summed E-state index contributed by atoms with van der Waals surface area (Å²) in [6.45, 7) is 3.53. The molecule has 1 saturated heterocycles. The maximum Gasteiger partial charge on any atom is 0.250 e. The summed E-state index contributed by atoms with van der Waals surface area (Å²) in [6.07, 6.45) is 6.22. The first-order valence-electron chi connectivity index (χ1n) is 8.41. The molecule has 2 aromatic rings. The number of carbonyl (C=O) groups is 1. The molecule has 0 aliphatic carbocycles. The predicted octanol–water partition coefficient (Wildman–Crippen LogP) is 3.83. The van der Waals surface area contributed by atoms with Crippen molar-refractivity contribution in [3.8, 4) is 5.75 Å². The van der Waals surface area contributed by atoms with Gasteiger partial charge in [0, 0.05) is 12.7 Å². The number of nitrogens with zero attached hydrogens (tertiary/aromatic N) is 2. The van der Waals surface area contributed by atoms with Gasteiger partial charge in [-0.15, -0.1) is 10.2 Å². The van der Waals surface area contributed by atoms with Crippen LogP contribution in [-0.4, -0.2) is 29.3 Å². The monoisotopic (exact) mass is 359 g/mol. The van der Waals surface area contributed by atoms with Crippen LogP contribution in [0.4, 0.5) is 5.13 Å². The quantitative estimate of drug-likeness (QED) is 0.761. The lowest BCUT2D eigenvalue weighted by Gasteiger charge is -2.04. The number of anilines is 1. The number of amides is 1. The SMILES string of the molecule is CCCOc1ccc(/C=C/C(=O)Nc2nnc(C3CCCO3)s2)cc1. The summed E-state index contributed by atoms with van der Waals surface area (Å²) in [4.78, 5) is 12.0. The van der Waals surface area contributed by atoms with Gasteiger partial charge < -0.3 is 9.47 Å². The average molecular weight is 359 g/mol. The molecule has 2 heterocycles. The van der Waals surface area contributed by atoms with Crippen molar-refractivity contribution in [1.82, 2.24) is 10.2 Å². The van der Waals surface area contributed by atoms with Crippen LogP contribution in [-0.2, 0) is 9.53 Å². The van der Waals surface area contributed by atoms with Gasteiger partial charge in [-0.3, -0.25) is 10.1 Å². The van der Waals surface area contributed by atoms with Crippen molar-refractivity contribution in [2.45, 2.75) is 32.3 Å². The van der Waals surface area contributed by atoms with Crippen LogP contribution in [0.1, 0.15) is 42.9 Å². The number of aromatic nitrogens is 2. The van der Waals surface area contributed by atoms with Gasteiger partial charge in [-0.25, -0.2) is 0 Å². The second-order valence-corrected chi connectivity index (χ2v) is 6.70. The summed E-state index contributed by atoms with van der Waals surface area (Å²) in [5.74, 6) is 0.598. The van der Waals surface area contributed by atoms with E-state index < -0.39 is 0 Å². The number of benzene rings is 1. The Bertz CT molecular complexity index is 721. The van der Waals surface area contributed by atoms with Crippen LogP contribution < -0.4 is 10.1 Å². The van der Waals surface area contributed by atoms with Gasteiger partial charge in [-0.1, -0.05) is 30.4 Å². The van der Waals surface area contributed by atoms with Crippen LogP contribution in [0.15, 0.2) is 30.3 Å². The van der Waals surface area contributed by atoms with E-state index in [0.29, 0.717) is 11.7 Å². The first-order valence-corrected chi connectivity index (χ1v) is 9.23. The summed E-state index contributed by atoms with van der Waals surface area (Å²) in [7, 11) is 0. The zero-order chi connectivity index (χ0) is 17.5. The Morgan fingerprint density at radius 3 is 2.96 bits per heavy atom. The normalized spacial score (nSPS) is 17.1. The molecule has 0 spiro atoms. The minimum absolute atomic E-state index is 0.0205. The maximum atomic E-state index is 12.0. The van der Waals surface area contributed by atoms with E-state index in [9.17, 15) is 4.79 Å². The highest BCUT2D eigenvalue weighted by Gasteiger charge is 2.22. The molecule has 132 valence electrons. The highest BCUT2D eigenvalue weighted by Crippen LogP contribution is 2.31. The smallest absolute Gasteiger partial charge is 0.250 e. The van der Waals surface area contributed by atoms with Crippen LogP contribution in [0.2, 0.25) is 0 Å². The van der Waals surface area contributed by atoms with Crippen molar-refractivity contribution in [3.05, 3.63) is 40.9 Å². The number of hydrogen-bond donors (Lipinski definition) is 1. The highest BCUT2D eigenvalue weighted by atomic mass is 32.1. The lowest BCUT2D eigenvalue weighted by molar-refractivity contribution is -0.111. The lowest BCUT2D eigenvalue weighted by atomic mass is 10.2. The number of nitrogens with one attached hydrogen (secondary N) is 1. The molecule has 0 radical (unpaired) electrons.